The van der Waals surface area contributed by atoms with E-state index in [4.69, 9.17) is 9.47 Å². The number of hydrogen-bond donors (Lipinski definition) is 1. The number of sulfonamides is 1. The van der Waals surface area contributed by atoms with E-state index in [1.54, 1.807) is 43.5 Å². The lowest BCUT2D eigenvalue weighted by Crippen LogP contribution is -2.23. The van der Waals surface area contributed by atoms with Crippen LogP contribution in [0.15, 0.2) is 65.7 Å². The molecule has 1 heterocycles. The van der Waals surface area contributed by atoms with Gasteiger partial charge in [-0.3, -0.25) is 0 Å². The molecule has 3 aromatic rings. The average Bonchev–Trinajstić information content (AvgIpc) is 2.69. The van der Waals surface area contributed by atoms with E-state index in [-0.39, 0.29) is 17.3 Å². The molecule has 0 amide bonds. The minimum Gasteiger partial charge on any atom is -0.497 e. The molecule has 3 rings (SSSR count). The molecule has 0 bridgehead atoms. The summed E-state index contributed by atoms with van der Waals surface area (Å²) in [5.74, 6) is -0.862. The van der Waals surface area contributed by atoms with E-state index >= 15 is 0 Å². The Morgan fingerprint density at radius 1 is 0.964 bits per heavy atom. The first-order chi connectivity index (χ1) is 13.4. The van der Waals surface area contributed by atoms with Crippen LogP contribution in [0, 0.1) is 11.6 Å². The lowest BCUT2D eigenvalue weighted by molar-refractivity contribution is 0.412. The summed E-state index contributed by atoms with van der Waals surface area (Å²) in [5.41, 5.74) is 0.574. The maximum Gasteiger partial charge on any atom is 0.240 e. The highest BCUT2D eigenvalue weighted by Gasteiger charge is 2.16. The molecule has 2 aromatic carbocycles. The van der Waals surface area contributed by atoms with E-state index in [0.29, 0.717) is 23.1 Å². The first-order valence-corrected chi connectivity index (χ1v) is 9.57. The topological polar surface area (TPSA) is 77.5 Å². The highest BCUT2D eigenvalue weighted by atomic mass is 32.2. The molecule has 1 aromatic heterocycles. The van der Waals surface area contributed by atoms with Crippen molar-refractivity contribution in [2.24, 2.45) is 0 Å². The second-order valence-corrected chi connectivity index (χ2v) is 7.45. The van der Waals surface area contributed by atoms with Crippen molar-refractivity contribution in [3.8, 4) is 17.4 Å². The molecule has 0 aliphatic rings. The van der Waals surface area contributed by atoms with Crippen LogP contribution < -0.4 is 14.2 Å². The summed E-state index contributed by atoms with van der Waals surface area (Å²) < 4.78 is 63.8. The largest absolute Gasteiger partial charge is 0.497 e. The van der Waals surface area contributed by atoms with Gasteiger partial charge in [-0.15, -0.1) is 0 Å². The molecule has 0 saturated heterocycles. The second kappa shape index (κ2) is 8.32. The number of nitrogens with one attached hydrogen (secondary N) is 1. The van der Waals surface area contributed by atoms with Gasteiger partial charge in [-0.25, -0.2) is 26.9 Å². The second-order valence-electron chi connectivity index (χ2n) is 5.68. The Bertz CT molecular complexity index is 1070. The number of benzene rings is 2. The normalized spacial score (nSPS) is 11.2. The number of aromatic nitrogens is 1. The zero-order valence-corrected chi connectivity index (χ0v) is 15.5. The zero-order chi connectivity index (χ0) is 20.1. The van der Waals surface area contributed by atoms with Crippen molar-refractivity contribution in [1.29, 1.82) is 0 Å². The molecule has 1 N–H and O–H groups in total. The van der Waals surface area contributed by atoms with E-state index in [2.05, 4.69) is 9.71 Å². The predicted molar refractivity (Wildman–Crippen MR) is 97.7 cm³/mol. The third-order valence-electron chi connectivity index (χ3n) is 3.75. The maximum absolute atomic E-state index is 13.3. The quantitative estimate of drug-likeness (QED) is 0.648. The van der Waals surface area contributed by atoms with E-state index in [1.807, 2.05) is 0 Å². The fourth-order valence-electron chi connectivity index (χ4n) is 2.29. The van der Waals surface area contributed by atoms with Gasteiger partial charge in [-0.1, -0.05) is 0 Å². The van der Waals surface area contributed by atoms with Crippen molar-refractivity contribution in [3.63, 3.8) is 0 Å². The van der Waals surface area contributed by atoms with Crippen molar-refractivity contribution in [3.05, 3.63) is 78.0 Å². The number of ether oxygens (including phenoxy) is 2. The van der Waals surface area contributed by atoms with Gasteiger partial charge >= 0.3 is 0 Å². The smallest absolute Gasteiger partial charge is 0.240 e. The SMILES string of the molecule is COc1ccc(Oc2cc(CNS(=O)(=O)c3ccc(F)c(F)c3)ccn2)cc1. The van der Waals surface area contributed by atoms with Crippen molar-refractivity contribution >= 4 is 10.0 Å². The summed E-state index contributed by atoms with van der Waals surface area (Å²) in [7, 11) is -2.45. The van der Waals surface area contributed by atoms with E-state index in [1.165, 1.54) is 6.20 Å². The van der Waals surface area contributed by atoms with Crippen LogP contribution in [0.1, 0.15) is 5.56 Å². The molecule has 0 aliphatic heterocycles. The summed E-state index contributed by atoms with van der Waals surface area (Å²) in [5, 5.41) is 0. The summed E-state index contributed by atoms with van der Waals surface area (Å²) in [4.78, 5) is 3.71. The minimum absolute atomic E-state index is 0.0805. The van der Waals surface area contributed by atoms with Crippen LogP contribution in [-0.4, -0.2) is 20.5 Å². The van der Waals surface area contributed by atoms with Crippen molar-refractivity contribution in [1.82, 2.24) is 9.71 Å². The zero-order valence-electron chi connectivity index (χ0n) is 14.7. The van der Waals surface area contributed by atoms with Gasteiger partial charge in [0.15, 0.2) is 11.6 Å². The van der Waals surface area contributed by atoms with Gasteiger partial charge in [0.25, 0.3) is 0 Å². The molecular weight excluding hydrogens is 390 g/mol. The van der Waals surface area contributed by atoms with Crippen LogP contribution in [0.4, 0.5) is 8.78 Å². The van der Waals surface area contributed by atoms with Gasteiger partial charge in [0.05, 0.1) is 12.0 Å². The monoisotopic (exact) mass is 406 g/mol. The number of nitrogens with zero attached hydrogens (tertiary/aromatic N) is 1. The van der Waals surface area contributed by atoms with Crippen LogP contribution in [0.2, 0.25) is 0 Å². The molecule has 0 spiro atoms. The number of hydrogen-bond acceptors (Lipinski definition) is 5. The maximum atomic E-state index is 13.3. The Morgan fingerprint density at radius 2 is 1.68 bits per heavy atom. The van der Waals surface area contributed by atoms with Crippen LogP contribution >= 0.6 is 0 Å². The third kappa shape index (κ3) is 4.81. The molecular formula is C19H16F2N2O4S. The molecule has 146 valence electrons. The highest BCUT2D eigenvalue weighted by Crippen LogP contribution is 2.23. The molecule has 6 nitrogen and oxygen atoms in total. The minimum atomic E-state index is -4.01. The first-order valence-electron chi connectivity index (χ1n) is 8.09. The summed E-state index contributed by atoms with van der Waals surface area (Å²) in [6.07, 6.45) is 1.47. The molecule has 0 atom stereocenters. The number of halogens is 2. The number of methoxy groups -OCH3 is 1. The van der Waals surface area contributed by atoms with Gasteiger partial charge < -0.3 is 9.47 Å². The van der Waals surface area contributed by atoms with E-state index in [0.717, 1.165) is 12.1 Å². The van der Waals surface area contributed by atoms with Gasteiger partial charge in [-0.05, 0) is 54.1 Å². The van der Waals surface area contributed by atoms with E-state index < -0.39 is 21.7 Å². The van der Waals surface area contributed by atoms with Crippen LogP contribution in [0.25, 0.3) is 0 Å². The highest BCUT2D eigenvalue weighted by molar-refractivity contribution is 7.89. The summed E-state index contributed by atoms with van der Waals surface area (Å²) in [6, 6.07) is 12.4. The van der Waals surface area contributed by atoms with Gasteiger partial charge in [-0.2, -0.15) is 0 Å². The molecule has 9 heteroatoms. The molecule has 0 unspecified atom stereocenters. The molecule has 28 heavy (non-hydrogen) atoms. The van der Waals surface area contributed by atoms with Gasteiger partial charge in [0.2, 0.25) is 15.9 Å². The van der Waals surface area contributed by atoms with Crippen molar-refractivity contribution in [2.45, 2.75) is 11.4 Å². The standard InChI is InChI=1S/C19H16F2N2O4S/c1-26-14-2-4-15(5-3-14)27-19-10-13(8-9-22-19)12-23-28(24,25)16-6-7-17(20)18(21)11-16/h2-11,23H,12H2,1H3. The van der Waals surface area contributed by atoms with Gasteiger partial charge in [0.1, 0.15) is 11.5 Å². The third-order valence-corrected chi connectivity index (χ3v) is 5.15. The predicted octanol–water partition coefficient (Wildman–Crippen LogP) is 3.64. The molecule has 0 fully saturated rings. The average molecular weight is 406 g/mol. The first kappa shape index (κ1) is 19.7. The Kier molecular flexibility index (Phi) is 5.86. The molecule has 0 radical (unpaired) electrons. The van der Waals surface area contributed by atoms with Gasteiger partial charge in [0, 0.05) is 18.8 Å². The van der Waals surface area contributed by atoms with Crippen LogP contribution in [-0.2, 0) is 16.6 Å². The number of pyridine rings is 1. The lowest BCUT2D eigenvalue weighted by Gasteiger charge is -2.09. The van der Waals surface area contributed by atoms with Crippen LogP contribution in [0.5, 0.6) is 17.4 Å². The van der Waals surface area contributed by atoms with Crippen molar-refractivity contribution in [2.75, 3.05) is 7.11 Å². The summed E-state index contributed by atoms with van der Waals surface area (Å²) in [6.45, 7) is -0.0805. The Balaban J connectivity index is 1.69. The fourth-order valence-corrected chi connectivity index (χ4v) is 3.32. The summed E-state index contributed by atoms with van der Waals surface area (Å²) >= 11 is 0. The Labute approximate surface area is 160 Å². The number of rotatable bonds is 7. The Morgan fingerprint density at radius 3 is 2.36 bits per heavy atom. The van der Waals surface area contributed by atoms with Crippen LogP contribution in [0.3, 0.4) is 0 Å². The molecule has 0 saturated carbocycles. The molecule has 0 aliphatic carbocycles. The fraction of sp³-hybridized carbons (Fsp3) is 0.105. The van der Waals surface area contributed by atoms with E-state index in [9.17, 15) is 17.2 Å². The Hall–Kier alpha value is -3.04. The van der Waals surface area contributed by atoms with Crippen molar-refractivity contribution < 1.29 is 26.7 Å². The lowest BCUT2D eigenvalue weighted by atomic mass is 10.3.